The normalized spacial score (nSPS) is 29.8. The van der Waals surface area contributed by atoms with Gasteiger partial charge in [0, 0.05) is 11.8 Å². The molecule has 20 heavy (non-hydrogen) atoms. The van der Waals surface area contributed by atoms with Crippen molar-refractivity contribution in [2.45, 2.75) is 46.0 Å². The topological polar surface area (TPSA) is 61.8 Å². The summed E-state index contributed by atoms with van der Waals surface area (Å²) in [5, 5.41) is 0. The largest absolute Gasteiger partial charge is 0.469 e. The van der Waals surface area contributed by atoms with Crippen molar-refractivity contribution in [3.63, 3.8) is 0 Å². The molecule has 2 atom stereocenters. The van der Waals surface area contributed by atoms with Crippen molar-refractivity contribution in [2.75, 3.05) is 27.4 Å². The van der Waals surface area contributed by atoms with E-state index in [9.17, 15) is 9.59 Å². The lowest BCUT2D eigenvalue weighted by molar-refractivity contribution is -0.152. The molecule has 0 aromatic rings. The molecule has 0 radical (unpaired) electrons. The van der Waals surface area contributed by atoms with E-state index in [1.807, 2.05) is 0 Å². The standard InChI is InChI=1S/C15H26O5/c1-5-15(8-13(17)19-4)9-14(2,10-20-11-15)7-6-12(16)18-3/h5-11H2,1-4H3. The zero-order chi connectivity index (χ0) is 15.2. The Bertz CT molecular complexity index is 354. The van der Waals surface area contributed by atoms with Crippen LogP contribution in [0.15, 0.2) is 0 Å². The Morgan fingerprint density at radius 1 is 1.15 bits per heavy atom. The first-order valence-electron chi connectivity index (χ1n) is 7.10. The first kappa shape index (κ1) is 17.0. The van der Waals surface area contributed by atoms with Crippen LogP contribution in [0.3, 0.4) is 0 Å². The maximum atomic E-state index is 11.6. The van der Waals surface area contributed by atoms with Gasteiger partial charge in [-0.25, -0.2) is 0 Å². The summed E-state index contributed by atoms with van der Waals surface area (Å²) >= 11 is 0. The SMILES string of the molecule is CCC1(CC(=O)OC)COCC(C)(CCC(=O)OC)C1. The fraction of sp³-hybridized carbons (Fsp3) is 0.867. The van der Waals surface area contributed by atoms with E-state index in [1.165, 1.54) is 14.2 Å². The molecule has 1 fully saturated rings. The zero-order valence-corrected chi connectivity index (χ0v) is 13.0. The van der Waals surface area contributed by atoms with Crippen LogP contribution in [-0.4, -0.2) is 39.4 Å². The molecule has 0 aromatic heterocycles. The third kappa shape index (κ3) is 4.47. The minimum atomic E-state index is -0.202. The molecule has 0 aliphatic carbocycles. The molecule has 5 heteroatoms. The molecular formula is C15H26O5. The number of hydrogen-bond acceptors (Lipinski definition) is 5. The number of ether oxygens (including phenoxy) is 3. The van der Waals surface area contributed by atoms with E-state index in [0.717, 1.165) is 12.8 Å². The molecule has 1 saturated heterocycles. The second kappa shape index (κ2) is 7.07. The molecule has 0 amide bonds. The second-order valence-electron chi connectivity index (χ2n) is 6.16. The highest BCUT2D eigenvalue weighted by Gasteiger charge is 2.43. The van der Waals surface area contributed by atoms with Crippen LogP contribution >= 0.6 is 0 Å². The third-order valence-corrected chi connectivity index (χ3v) is 4.32. The summed E-state index contributed by atoms with van der Waals surface area (Å²) in [5.41, 5.74) is -0.285. The molecular weight excluding hydrogens is 260 g/mol. The predicted octanol–water partition coefficient (Wildman–Crippen LogP) is 2.33. The van der Waals surface area contributed by atoms with Crippen LogP contribution in [0.4, 0.5) is 0 Å². The van der Waals surface area contributed by atoms with E-state index in [1.54, 1.807) is 0 Å². The Morgan fingerprint density at radius 3 is 2.35 bits per heavy atom. The van der Waals surface area contributed by atoms with Crippen LogP contribution in [0.5, 0.6) is 0 Å². The van der Waals surface area contributed by atoms with Crippen molar-refractivity contribution in [1.82, 2.24) is 0 Å². The Kier molecular flexibility index (Phi) is 5.99. The molecule has 1 aliphatic heterocycles. The molecule has 1 heterocycles. The average Bonchev–Trinajstić information content (AvgIpc) is 2.44. The first-order chi connectivity index (χ1) is 9.38. The summed E-state index contributed by atoms with van der Waals surface area (Å²) in [5.74, 6) is -0.403. The molecule has 5 nitrogen and oxygen atoms in total. The highest BCUT2D eigenvalue weighted by Crippen LogP contribution is 2.46. The molecule has 2 unspecified atom stereocenters. The summed E-state index contributed by atoms with van der Waals surface area (Å²) in [6, 6.07) is 0. The monoisotopic (exact) mass is 286 g/mol. The highest BCUT2D eigenvalue weighted by atomic mass is 16.5. The van der Waals surface area contributed by atoms with E-state index in [-0.39, 0.29) is 22.8 Å². The van der Waals surface area contributed by atoms with Crippen molar-refractivity contribution in [2.24, 2.45) is 10.8 Å². The van der Waals surface area contributed by atoms with E-state index in [4.69, 9.17) is 14.2 Å². The maximum Gasteiger partial charge on any atom is 0.306 e. The molecule has 0 spiro atoms. The van der Waals surface area contributed by atoms with Gasteiger partial charge in [-0.1, -0.05) is 13.8 Å². The van der Waals surface area contributed by atoms with Gasteiger partial charge in [0.25, 0.3) is 0 Å². The number of methoxy groups -OCH3 is 2. The van der Waals surface area contributed by atoms with Crippen LogP contribution in [-0.2, 0) is 23.8 Å². The number of carbonyl (C=O) groups is 2. The van der Waals surface area contributed by atoms with Crippen LogP contribution < -0.4 is 0 Å². The summed E-state index contributed by atoms with van der Waals surface area (Å²) in [6.45, 7) is 5.37. The molecule has 0 N–H and O–H groups in total. The molecule has 1 aliphatic rings. The van der Waals surface area contributed by atoms with Crippen LogP contribution in [0, 0.1) is 10.8 Å². The maximum absolute atomic E-state index is 11.6. The molecule has 0 aromatic carbocycles. The molecule has 0 bridgehead atoms. The lowest BCUT2D eigenvalue weighted by Gasteiger charge is -2.45. The van der Waals surface area contributed by atoms with Crippen LogP contribution in [0.2, 0.25) is 0 Å². The fourth-order valence-corrected chi connectivity index (χ4v) is 3.03. The number of rotatable bonds is 6. The fourth-order valence-electron chi connectivity index (χ4n) is 3.03. The van der Waals surface area contributed by atoms with Gasteiger partial charge in [0.1, 0.15) is 0 Å². The Morgan fingerprint density at radius 2 is 1.80 bits per heavy atom. The zero-order valence-electron chi connectivity index (χ0n) is 13.0. The van der Waals surface area contributed by atoms with Crippen LogP contribution in [0.1, 0.15) is 46.0 Å². The Hall–Kier alpha value is -1.10. The van der Waals surface area contributed by atoms with E-state index in [2.05, 4.69) is 13.8 Å². The quantitative estimate of drug-likeness (QED) is 0.701. The summed E-state index contributed by atoms with van der Waals surface area (Å²) in [7, 11) is 2.81. The van der Waals surface area contributed by atoms with Gasteiger partial charge in [-0.15, -0.1) is 0 Å². The van der Waals surface area contributed by atoms with Crippen molar-refractivity contribution in [1.29, 1.82) is 0 Å². The lowest BCUT2D eigenvalue weighted by Crippen LogP contribution is -2.43. The summed E-state index contributed by atoms with van der Waals surface area (Å²) in [6.07, 6.45) is 3.18. The van der Waals surface area contributed by atoms with Gasteiger partial charge in [0.2, 0.25) is 0 Å². The number of hydrogen-bond donors (Lipinski definition) is 0. The van der Waals surface area contributed by atoms with Crippen molar-refractivity contribution < 1.29 is 23.8 Å². The van der Waals surface area contributed by atoms with Crippen molar-refractivity contribution >= 4 is 11.9 Å². The first-order valence-corrected chi connectivity index (χ1v) is 7.10. The number of esters is 2. The van der Waals surface area contributed by atoms with Crippen LogP contribution in [0.25, 0.3) is 0 Å². The molecule has 116 valence electrons. The Labute approximate surface area is 121 Å². The van der Waals surface area contributed by atoms with E-state index in [0.29, 0.717) is 32.5 Å². The average molecular weight is 286 g/mol. The van der Waals surface area contributed by atoms with Gasteiger partial charge in [-0.05, 0) is 24.7 Å². The molecule has 1 rings (SSSR count). The smallest absolute Gasteiger partial charge is 0.306 e. The summed E-state index contributed by atoms with van der Waals surface area (Å²) in [4.78, 5) is 22.9. The minimum Gasteiger partial charge on any atom is -0.469 e. The van der Waals surface area contributed by atoms with Gasteiger partial charge in [0.05, 0.1) is 33.9 Å². The predicted molar refractivity (Wildman–Crippen MR) is 74.2 cm³/mol. The second-order valence-corrected chi connectivity index (χ2v) is 6.16. The van der Waals surface area contributed by atoms with E-state index >= 15 is 0 Å². The number of carbonyl (C=O) groups excluding carboxylic acids is 2. The third-order valence-electron chi connectivity index (χ3n) is 4.32. The van der Waals surface area contributed by atoms with Gasteiger partial charge >= 0.3 is 11.9 Å². The Balaban J connectivity index is 2.71. The highest BCUT2D eigenvalue weighted by molar-refractivity contribution is 5.70. The van der Waals surface area contributed by atoms with Gasteiger partial charge < -0.3 is 14.2 Å². The van der Waals surface area contributed by atoms with Gasteiger partial charge in [0.15, 0.2) is 0 Å². The minimum absolute atomic E-state index is 0.101. The summed E-state index contributed by atoms with van der Waals surface area (Å²) < 4.78 is 15.2. The molecule has 0 saturated carbocycles. The van der Waals surface area contributed by atoms with E-state index < -0.39 is 0 Å². The van der Waals surface area contributed by atoms with Crippen molar-refractivity contribution in [3.8, 4) is 0 Å². The van der Waals surface area contributed by atoms with Gasteiger partial charge in [-0.3, -0.25) is 9.59 Å². The van der Waals surface area contributed by atoms with Gasteiger partial charge in [-0.2, -0.15) is 0 Å². The van der Waals surface area contributed by atoms with Crippen molar-refractivity contribution in [3.05, 3.63) is 0 Å². The lowest BCUT2D eigenvalue weighted by atomic mass is 9.66.